The molecule has 1 aromatic carbocycles. The minimum Gasteiger partial charge on any atom is -0.484 e. The third kappa shape index (κ3) is 5.86. The van der Waals surface area contributed by atoms with Crippen LogP contribution in [0.4, 0.5) is 0 Å². The molecule has 0 fully saturated rings. The second-order valence-electron chi connectivity index (χ2n) is 3.72. The van der Waals surface area contributed by atoms with Gasteiger partial charge in [0.2, 0.25) is 0 Å². The maximum Gasteiger partial charge on any atom is 0.304 e. The van der Waals surface area contributed by atoms with E-state index in [0.717, 1.165) is 5.56 Å². The van der Waals surface area contributed by atoms with E-state index in [1.807, 2.05) is 12.1 Å². The van der Waals surface area contributed by atoms with Crippen molar-refractivity contribution in [2.24, 2.45) is 5.73 Å². The van der Waals surface area contributed by atoms with Crippen molar-refractivity contribution in [2.45, 2.75) is 13.0 Å². The number of hydrogen-bond donors (Lipinski definition) is 3. The lowest BCUT2D eigenvalue weighted by atomic mass is 10.2. The topological polar surface area (TPSA) is 102 Å². The van der Waals surface area contributed by atoms with E-state index in [0.29, 0.717) is 18.8 Å². The number of carboxylic acid groups (broad SMARTS) is 1. The molecule has 4 N–H and O–H groups in total. The van der Waals surface area contributed by atoms with Crippen LogP contribution in [-0.2, 0) is 16.1 Å². The summed E-state index contributed by atoms with van der Waals surface area (Å²) in [6.07, 6.45) is 0.0970. The number of hydrogen-bond acceptors (Lipinski definition) is 4. The highest BCUT2D eigenvalue weighted by molar-refractivity contribution is 5.75. The van der Waals surface area contributed by atoms with Gasteiger partial charge in [0.05, 0.1) is 6.42 Å². The summed E-state index contributed by atoms with van der Waals surface area (Å²) >= 11 is 0. The second-order valence-corrected chi connectivity index (χ2v) is 3.72. The van der Waals surface area contributed by atoms with Gasteiger partial charge in [0.25, 0.3) is 5.91 Å². The summed E-state index contributed by atoms with van der Waals surface area (Å²) in [4.78, 5) is 20.8. The molecule has 6 heteroatoms. The van der Waals surface area contributed by atoms with Crippen molar-refractivity contribution >= 4 is 11.9 Å². The molecular formula is C12H16N2O4. The largest absolute Gasteiger partial charge is 0.484 e. The lowest BCUT2D eigenvalue weighted by molar-refractivity contribution is -0.136. The third-order valence-electron chi connectivity index (χ3n) is 2.15. The SMILES string of the molecule is NC(=O)COc1ccc(CNCCC(=O)O)cc1. The average Bonchev–Trinajstić information content (AvgIpc) is 2.33. The number of nitrogens with two attached hydrogens (primary N) is 1. The molecule has 0 aliphatic heterocycles. The Hall–Kier alpha value is -2.08. The first kappa shape index (κ1) is 14.0. The number of carbonyl (C=O) groups excluding carboxylic acids is 1. The lowest BCUT2D eigenvalue weighted by Gasteiger charge is -2.06. The van der Waals surface area contributed by atoms with Gasteiger partial charge in [-0.05, 0) is 17.7 Å². The number of rotatable bonds is 8. The summed E-state index contributed by atoms with van der Waals surface area (Å²) in [6.45, 7) is 0.870. The average molecular weight is 252 g/mol. The van der Waals surface area contributed by atoms with Crippen LogP contribution in [0.1, 0.15) is 12.0 Å². The molecule has 0 aliphatic carbocycles. The number of benzene rings is 1. The van der Waals surface area contributed by atoms with Crippen LogP contribution in [0.2, 0.25) is 0 Å². The minimum absolute atomic E-state index is 0.0970. The molecular weight excluding hydrogens is 236 g/mol. The van der Waals surface area contributed by atoms with Crippen molar-refractivity contribution in [2.75, 3.05) is 13.2 Å². The number of nitrogens with one attached hydrogen (secondary N) is 1. The van der Waals surface area contributed by atoms with E-state index in [1.165, 1.54) is 0 Å². The Morgan fingerprint density at radius 3 is 2.50 bits per heavy atom. The summed E-state index contributed by atoms with van der Waals surface area (Å²) < 4.78 is 5.11. The predicted octanol–water partition coefficient (Wildman–Crippen LogP) is 0.115. The first-order chi connectivity index (χ1) is 8.58. The molecule has 0 unspecified atom stereocenters. The summed E-state index contributed by atoms with van der Waals surface area (Å²) in [5, 5.41) is 11.5. The number of primary amides is 1. The quantitative estimate of drug-likeness (QED) is 0.570. The van der Waals surface area contributed by atoms with Crippen LogP contribution in [0.25, 0.3) is 0 Å². The predicted molar refractivity (Wildman–Crippen MR) is 65.1 cm³/mol. The molecule has 0 saturated heterocycles. The second kappa shape index (κ2) is 7.29. The zero-order chi connectivity index (χ0) is 13.4. The number of ether oxygens (including phenoxy) is 1. The van der Waals surface area contributed by atoms with E-state index in [4.69, 9.17) is 15.6 Å². The van der Waals surface area contributed by atoms with Crippen molar-refractivity contribution in [3.63, 3.8) is 0 Å². The Balaban J connectivity index is 2.31. The zero-order valence-electron chi connectivity index (χ0n) is 9.89. The molecule has 0 radical (unpaired) electrons. The molecule has 98 valence electrons. The van der Waals surface area contributed by atoms with E-state index < -0.39 is 11.9 Å². The van der Waals surface area contributed by atoms with Gasteiger partial charge in [0.1, 0.15) is 5.75 Å². The van der Waals surface area contributed by atoms with Gasteiger partial charge in [-0.1, -0.05) is 12.1 Å². The van der Waals surface area contributed by atoms with Crippen LogP contribution in [0, 0.1) is 0 Å². The normalized spacial score (nSPS) is 10.0. The Bertz CT molecular complexity index is 403. The Kier molecular flexibility index (Phi) is 5.66. The van der Waals surface area contributed by atoms with Crippen molar-refractivity contribution < 1.29 is 19.4 Å². The van der Waals surface area contributed by atoms with Gasteiger partial charge in [-0.25, -0.2) is 0 Å². The fourth-order valence-corrected chi connectivity index (χ4v) is 1.29. The van der Waals surface area contributed by atoms with E-state index in [9.17, 15) is 9.59 Å². The summed E-state index contributed by atoms with van der Waals surface area (Å²) in [7, 11) is 0. The minimum atomic E-state index is -0.822. The van der Waals surface area contributed by atoms with Gasteiger partial charge in [-0.15, -0.1) is 0 Å². The molecule has 0 spiro atoms. The van der Waals surface area contributed by atoms with Crippen LogP contribution in [0.3, 0.4) is 0 Å². The fraction of sp³-hybridized carbons (Fsp3) is 0.333. The van der Waals surface area contributed by atoms with Gasteiger partial charge >= 0.3 is 5.97 Å². The molecule has 0 atom stereocenters. The van der Waals surface area contributed by atoms with E-state index in [-0.39, 0.29) is 13.0 Å². The molecule has 0 heterocycles. The molecule has 1 aromatic rings. The fourth-order valence-electron chi connectivity index (χ4n) is 1.29. The summed E-state index contributed by atoms with van der Waals surface area (Å²) in [5.41, 5.74) is 5.96. The van der Waals surface area contributed by atoms with Crippen LogP contribution in [-0.4, -0.2) is 30.1 Å². The molecule has 0 bridgehead atoms. The molecule has 1 amide bonds. The first-order valence-electron chi connectivity index (χ1n) is 5.50. The lowest BCUT2D eigenvalue weighted by Crippen LogP contribution is -2.20. The van der Waals surface area contributed by atoms with Gasteiger partial charge in [0.15, 0.2) is 6.61 Å². The van der Waals surface area contributed by atoms with Crippen molar-refractivity contribution in [1.82, 2.24) is 5.32 Å². The first-order valence-corrected chi connectivity index (χ1v) is 5.50. The Morgan fingerprint density at radius 1 is 1.28 bits per heavy atom. The maximum atomic E-state index is 10.5. The van der Waals surface area contributed by atoms with Crippen LogP contribution in [0.15, 0.2) is 24.3 Å². The molecule has 0 saturated carbocycles. The van der Waals surface area contributed by atoms with Gasteiger partial charge in [-0.3, -0.25) is 9.59 Å². The van der Waals surface area contributed by atoms with Crippen molar-refractivity contribution in [1.29, 1.82) is 0 Å². The van der Waals surface area contributed by atoms with Crippen molar-refractivity contribution in [3.8, 4) is 5.75 Å². The zero-order valence-corrected chi connectivity index (χ0v) is 9.89. The number of aliphatic carboxylic acids is 1. The maximum absolute atomic E-state index is 10.5. The van der Waals surface area contributed by atoms with E-state index in [2.05, 4.69) is 5.32 Å². The number of carbonyl (C=O) groups is 2. The Morgan fingerprint density at radius 2 is 1.94 bits per heavy atom. The molecule has 6 nitrogen and oxygen atoms in total. The highest BCUT2D eigenvalue weighted by Crippen LogP contribution is 2.11. The van der Waals surface area contributed by atoms with Gasteiger partial charge in [-0.2, -0.15) is 0 Å². The van der Waals surface area contributed by atoms with Crippen molar-refractivity contribution in [3.05, 3.63) is 29.8 Å². The molecule has 18 heavy (non-hydrogen) atoms. The molecule has 1 rings (SSSR count). The molecule has 0 aliphatic rings. The monoisotopic (exact) mass is 252 g/mol. The van der Waals surface area contributed by atoms with Crippen LogP contribution >= 0.6 is 0 Å². The number of amides is 1. The van der Waals surface area contributed by atoms with Crippen LogP contribution < -0.4 is 15.8 Å². The van der Waals surface area contributed by atoms with Gasteiger partial charge < -0.3 is 20.9 Å². The molecule has 0 aromatic heterocycles. The summed E-state index contributed by atoms with van der Waals surface area (Å²) in [6, 6.07) is 7.14. The van der Waals surface area contributed by atoms with Gasteiger partial charge in [0, 0.05) is 13.1 Å². The standard InChI is InChI=1S/C12H16N2O4/c13-11(15)8-18-10-3-1-9(2-4-10)7-14-6-5-12(16)17/h1-4,14H,5-8H2,(H2,13,15)(H,16,17). The smallest absolute Gasteiger partial charge is 0.304 e. The highest BCUT2D eigenvalue weighted by atomic mass is 16.5. The summed E-state index contributed by atoms with van der Waals surface area (Å²) in [5.74, 6) is -0.768. The van der Waals surface area contributed by atoms with Crippen LogP contribution in [0.5, 0.6) is 5.75 Å². The number of carboxylic acids is 1. The highest BCUT2D eigenvalue weighted by Gasteiger charge is 1.99. The van der Waals surface area contributed by atoms with E-state index in [1.54, 1.807) is 12.1 Å². The Labute approximate surface area is 105 Å². The third-order valence-corrected chi connectivity index (χ3v) is 2.15. The van der Waals surface area contributed by atoms with E-state index >= 15 is 0 Å².